The molecule has 1 rings (SSSR count). The number of hydrogen-bond acceptors (Lipinski definition) is 2. The lowest BCUT2D eigenvalue weighted by atomic mass is 10.2. The van der Waals surface area contributed by atoms with Gasteiger partial charge in [-0.05, 0) is 42.3 Å². The Balaban J connectivity index is 2.85. The van der Waals surface area contributed by atoms with Crippen LogP contribution >= 0.6 is 23.2 Å². The molecule has 5 heteroatoms. The van der Waals surface area contributed by atoms with E-state index in [0.29, 0.717) is 5.02 Å². The van der Waals surface area contributed by atoms with E-state index >= 15 is 0 Å². The Bertz CT molecular complexity index is 404. The van der Waals surface area contributed by atoms with Crippen molar-refractivity contribution in [3.8, 4) is 0 Å². The van der Waals surface area contributed by atoms with Crippen molar-refractivity contribution in [2.45, 2.75) is 6.92 Å². The number of benzene rings is 1. The van der Waals surface area contributed by atoms with Gasteiger partial charge in [0.2, 0.25) is 0 Å². The highest BCUT2D eigenvalue weighted by atomic mass is 35.5. The Morgan fingerprint density at radius 2 is 2.20 bits per heavy atom. The Morgan fingerprint density at radius 1 is 1.53 bits per heavy atom. The van der Waals surface area contributed by atoms with Crippen molar-refractivity contribution in [1.29, 1.82) is 0 Å². The molecule has 3 nitrogen and oxygen atoms in total. The van der Waals surface area contributed by atoms with E-state index in [1.54, 1.807) is 18.2 Å². The molecule has 1 aromatic carbocycles. The van der Waals surface area contributed by atoms with Crippen molar-refractivity contribution in [2.75, 3.05) is 7.05 Å². The Hall–Kier alpha value is -1.06. The predicted octanol–water partition coefficient (Wildman–Crippen LogP) is 3.60. The first kappa shape index (κ1) is 12.0. The summed E-state index contributed by atoms with van der Waals surface area (Å²) in [4.78, 5) is 16.0. The van der Waals surface area contributed by atoms with Gasteiger partial charge >= 0.3 is 5.37 Å². The number of carbonyl (C=O) groups excluding carboxylic acids is 1. The summed E-state index contributed by atoms with van der Waals surface area (Å²) in [6.45, 7) is 1.89. The molecule has 0 aliphatic rings. The van der Waals surface area contributed by atoms with Crippen molar-refractivity contribution < 1.29 is 4.79 Å². The van der Waals surface area contributed by atoms with E-state index < -0.39 is 5.37 Å². The SMILES string of the molecule is Cc1cc(Cl)ccc1N=CN(C)C(=O)Cl. The van der Waals surface area contributed by atoms with Crippen LogP contribution in [0, 0.1) is 6.92 Å². The molecule has 0 bridgehead atoms. The van der Waals surface area contributed by atoms with Crippen molar-refractivity contribution >= 4 is 40.6 Å². The number of halogens is 2. The van der Waals surface area contributed by atoms with E-state index in [1.807, 2.05) is 6.92 Å². The number of carbonyl (C=O) groups is 1. The number of amides is 1. The van der Waals surface area contributed by atoms with Crippen LogP contribution in [0.1, 0.15) is 5.56 Å². The zero-order valence-corrected chi connectivity index (χ0v) is 9.88. The maximum Gasteiger partial charge on any atom is 0.321 e. The second kappa shape index (κ2) is 5.14. The van der Waals surface area contributed by atoms with Gasteiger partial charge in [0.1, 0.15) is 0 Å². The molecule has 0 aromatic heterocycles. The summed E-state index contributed by atoms with van der Waals surface area (Å²) < 4.78 is 0. The summed E-state index contributed by atoms with van der Waals surface area (Å²) in [6, 6.07) is 5.32. The lowest BCUT2D eigenvalue weighted by molar-refractivity contribution is 0.248. The van der Waals surface area contributed by atoms with Gasteiger partial charge in [0, 0.05) is 12.1 Å². The van der Waals surface area contributed by atoms with Crippen LogP contribution < -0.4 is 0 Å². The second-order valence-corrected chi connectivity index (χ2v) is 3.80. The number of rotatable bonds is 2. The maximum absolute atomic E-state index is 10.7. The molecular weight excluding hydrogens is 235 g/mol. The number of nitrogens with zero attached hydrogens (tertiary/aromatic N) is 2. The first-order valence-corrected chi connectivity index (χ1v) is 4.99. The van der Waals surface area contributed by atoms with Gasteiger partial charge in [-0.3, -0.25) is 9.69 Å². The molecule has 0 saturated carbocycles. The molecule has 0 aliphatic heterocycles. The summed E-state index contributed by atoms with van der Waals surface area (Å²) in [5.41, 5.74) is 1.69. The second-order valence-electron chi connectivity index (χ2n) is 3.04. The van der Waals surface area contributed by atoms with Crippen LogP contribution in [0.4, 0.5) is 10.5 Å². The van der Waals surface area contributed by atoms with Crippen LogP contribution in [0.15, 0.2) is 23.2 Å². The number of hydrogen-bond donors (Lipinski definition) is 0. The highest BCUT2D eigenvalue weighted by Crippen LogP contribution is 2.21. The Kier molecular flexibility index (Phi) is 4.12. The monoisotopic (exact) mass is 244 g/mol. The average molecular weight is 245 g/mol. The van der Waals surface area contributed by atoms with Crippen LogP contribution in [0.3, 0.4) is 0 Å². The van der Waals surface area contributed by atoms with Crippen LogP contribution in [0.25, 0.3) is 0 Å². The van der Waals surface area contributed by atoms with E-state index in [0.717, 1.165) is 11.3 Å². The van der Waals surface area contributed by atoms with Gasteiger partial charge in [-0.15, -0.1) is 0 Å². The Morgan fingerprint density at radius 3 is 2.73 bits per heavy atom. The van der Waals surface area contributed by atoms with Crippen molar-refractivity contribution in [1.82, 2.24) is 4.90 Å². The fraction of sp³-hybridized carbons (Fsp3) is 0.200. The summed E-state index contributed by atoms with van der Waals surface area (Å²) >= 11 is 11.0. The molecule has 0 aliphatic carbocycles. The molecule has 0 heterocycles. The standard InChI is InChI=1S/C10H10Cl2N2O/c1-7-5-8(11)3-4-9(7)13-6-14(2)10(12)15/h3-6H,1-2H3. The number of aryl methyl sites for hydroxylation is 1. The normalized spacial score (nSPS) is 10.7. The van der Waals surface area contributed by atoms with Gasteiger partial charge in [0.25, 0.3) is 0 Å². The predicted molar refractivity (Wildman–Crippen MR) is 63.4 cm³/mol. The van der Waals surface area contributed by atoms with Crippen LogP contribution in [-0.2, 0) is 0 Å². The summed E-state index contributed by atoms with van der Waals surface area (Å²) in [5, 5.41) is 0.0820. The van der Waals surface area contributed by atoms with E-state index in [1.165, 1.54) is 18.3 Å². The lowest BCUT2D eigenvalue weighted by Crippen LogP contribution is -2.18. The first-order chi connectivity index (χ1) is 7.00. The molecule has 15 heavy (non-hydrogen) atoms. The molecule has 0 radical (unpaired) electrons. The topological polar surface area (TPSA) is 32.7 Å². The molecule has 0 unspecified atom stereocenters. The van der Waals surface area contributed by atoms with E-state index in [-0.39, 0.29) is 0 Å². The zero-order chi connectivity index (χ0) is 11.4. The molecular formula is C10H10Cl2N2O. The quantitative estimate of drug-likeness (QED) is 0.339. The minimum Gasteiger partial charge on any atom is -0.292 e. The van der Waals surface area contributed by atoms with Gasteiger partial charge in [-0.25, -0.2) is 4.99 Å². The minimum atomic E-state index is -0.578. The zero-order valence-electron chi connectivity index (χ0n) is 8.37. The molecule has 1 aromatic rings. The fourth-order valence-corrected chi connectivity index (χ4v) is 1.23. The van der Waals surface area contributed by atoms with Crippen LogP contribution in [0.2, 0.25) is 5.02 Å². The maximum atomic E-state index is 10.7. The van der Waals surface area contributed by atoms with Crippen molar-refractivity contribution in [2.24, 2.45) is 4.99 Å². The van der Waals surface area contributed by atoms with Gasteiger partial charge in [-0.2, -0.15) is 0 Å². The molecule has 0 saturated heterocycles. The third-order valence-corrected chi connectivity index (χ3v) is 2.31. The van der Waals surface area contributed by atoms with Gasteiger partial charge in [0.15, 0.2) is 0 Å². The number of aliphatic imine (C=N–C) groups is 1. The third kappa shape index (κ3) is 3.53. The summed E-state index contributed by atoms with van der Waals surface area (Å²) in [6.07, 6.45) is 1.37. The smallest absolute Gasteiger partial charge is 0.292 e. The van der Waals surface area contributed by atoms with Crippen LogP contribution in [-0.4, -0.2) is 23.7 Å². The van der Waals surface area contributed by atoms with E-state index in [4.69, 9.17) is 23.2 Å². The highest BCUT2D eigenvalue weighted by molar-refractivity contribution is 6.63. The first-order valence-electron chi connectivity index (χ1n) is 4.23. The minimum absolute atomic E-state index is 0.578. The van der Waals surface area contributed by atoms with Gasteiger partial charge < -0.3 is 0 Å². The molecule has 0 N–H and O–H groups in total. The van der Waals surface area contributed by atoms with E-state index in [9.17, 15) is 4.79 Å². The van der Waals surface area contributed by atoms with Gasteiger partial charge in [0.05, 0.1) is 12.0 Å². The summed E-state index contributed by atoms with van der Waals surface area (Å²) in [5.74, 6) is 0. The summed E-state index contributed by atoms with van der Waals surface area (Å²) in [7, 11) is 1.53. The van der Waals surface area contributed by atoms with Crippen LogP contribution in [0.5, 0.6) is 0 Å². The molecule has 0 spiro atoms. The molecule has 0 fully saturated rings. The fourth-order valence-electron chi connectivity index (χ4n) is 0.958. The largest absolute Gasteiger partial charge is 0.321 e. The molecule has 1 amide bonds. The Labute approximate surface area is 98.3 Å². The van der Waals surface area contributed by atoms with Crippen molar-refractivity contribution in [3.05, 3.63) is 28.8 Å². The van der Waals surface area contributed by atoms with E-state index in [2.05, 4.69) is 4.99 Å². The third-order valence-electron chi connectivity index (χ3n) is 1.81. The molecule has 80 valence electrons. The van der Waals surface area contributed by atoms with Gasteiger partial charge in [-0.1, -0.05) is 11.6 Å². The lowest BCUT2D eigenvalue weighted by Gasteiger charge is -2.05. The van der Waals surface area contributed by atoms with Crippen molar-refractivity contribution in [3.63, 3.8) is 0 Å². The molecule has 0 atom stereocenters. The highest BCUT2D eigenvalue weighted by Gasteiger charge is 2.01. The average Bonchev–Trinajstić information content (AvgIpc) is 2.15.